The first-order chi connectivity index (χ1) is 9.11. The molecule has 1 atom stereocenters. The van der Waals surface area contributed by atoms with Crippen LogP contribution in [0.3, 0.4) is 0 Å². The summed E-state index contributed by atoms with van der Waals surface area (Å²) in [6.45, 7) is 4.27. The van der Waals surface area contributed by atoms with E-state index in [4.69, 9.17) is 0 Å². The monoisotopic (exact) mass is 257 g/mol. The number of hydrogen-bond donors (Lipinski definition) is 1. The maximum atomic E-state index is 12.9. The van der Waals surface area contributed by atoms with E-state index in [-0.39, 0.29) is 11.9 Å². The largest absolute Gasteiger partial charge is 0.313 e. The third-order valence-corrected chi connectivity index (χ3v) is 3.59. The molecule has 1 unspecified atom stereocenters. The van der Waals surface area contributed by atoms with E-state index in [9.17, 15) is 4.39 Å². The van der Waals surface area contributed by atoms with Gasteiger partial charge in [-0.2, -0.15) is 0 Å². The quantitative estimate of drug-likeness (QED) is 0.874. The van der Waals surface area contributed by atoms with Gasteiger partial charge >= 0.3 is 0 Å². The number of aryl methyl sites for hydroxylation is 2. The lowest BCUT2D eigenvalue weighted by Gasteiger charge is -2.21. The van der Waals surface area contributed by atoms with E-state index in [0.717, 1.165) is 12.0 Å². The summed E-state index contributed by atoms with van der Waals surface area (Å²) in [4.78, 5) is 0. The van der Waals surface area contributed by atoms with Gasteiger partial charge in [-0.15, -0.1) is 0 Å². The minimum absolute atomic E-state index is 0.183. The van der Waals surface area contributed by atoms with Crippen molar-refractivity contribution in [1.82, 2.24) is 5.32 Å². The van der Waals surface area contributed by atoms with Crippen molar-refractivity contribution in [2.75, 3.05) is 7.05 Å². The van der Waals surface area contributed by atoms with E-state index in [0.29, 0.717) is 0 Å². The molecule has 0 aliphatic rings. The summed E-state index contributed by atoms with van der Waals surface area (Å²) in [7, 11) is 1.97. The van der Waals surface area contributed by atoms with Gasteiger partial charge in [0.2, 0.25) is 0 Å². The predicted molar refractivity (Wildman–Crippen MR) is 77.8 cm³/mol. The number of likely N-dealkylation sites (N-methyl/N-ethyl adjacent to an activating group) is 1. The Balaban J connectivity index is 2.27. The summed E-state index contributed by atoms with van der Waals surface area (Å²) in [5, 5.41) is 3.37. The van der Waals surface area contributed by atoms with Crippen molar-refractivity contribution in [3.63, 3.8) is 0 Å². The Morgan fingerprint density at radius 3 is 2.11 bits per heavy atom. The van der Waals surface area contributed by atoms with Crippen LogP contribution in [0, 0.1) is 19.7 Å². The molecule has 1 N–H and O–H groups in total. The third kappa shape index (κ3) is 3.21. The molecule has 2 heteroatoms. The molecule has 0 aromatic heterocycles. The molecule has 0 saturated heterocycles. The second kappa shape index (κ2) is 5.98. The molecule has 2 aromatic rings. The molecule has 1 nitrogen and oxygen atoms in total. The van der Waals surface area contributed by atoms with Crippen LogP contribution in [0.25, 0.3) is 0 Å². The van der Waals surface area contributed by atoms with Crippen molar-refractivity contribution in [2.45, 2.75) is 26.3 Å². The van der Waals surface area contributed by atoms with Gasteiger partial charge in [0.15, 0.2) is 0 Å². The topological polar surface area (TPSA) is 12.0 Å². The molecule has 0 spiro atoms. The summed E-state index contributed by atoms with van der Waals surface area (Å²) >= 11 is 0. The van der Waals surface area contributed by atoms with Crippen molar-refractivity contribution in [3.8, 4) is 0 Å². The summed E-state index contributed by atoms with van der Waals surface area (Å²) < 4.78 is 12.9. The van der Waals surface area contributed by atoms with Crippen molar-refractivity contribution in [2.24, 2.45) is 0 Å². The minimum atomic E-state index is -0.183. The Labute approximate surface area is 114 Å². The lowest BCUT2D eigenvalue weighted by Crippen LogP contribution is -2.20. The number of hydrogen-bond acceptors (Lipinski definition) is 1. The first-order valence-corrected chi connectivity index (χ1v) is 6.59. The SMILES string of the molecule is CNC(Cc1ccc(F)cc1)c1c(C)cccc1C. The molecule has 2 aromatic carbocycles. The Kier molecular flexibility index (Phi) is 4.33. The fourth-order valence-corrected chi connectivity index (χ4v) is 2.58. The zero-order valence-corrected chi connectivity index (χ0v) is 11.7. The summed E-state index contributed by atoms with van der Waals surface area (Å²) in [5.41, 5.74) is 5.07. The molecule has 0 amide bonds. The zero-order valence-electron chi connectivity index (χ0n) is 11.7. The average Bonchev–Trinajstić information content (AvgIpc) is 2.39. The van der Waals surface area contributed by atoms with E-state index < -0.39 is 0 Å². The standard InChI is InChI=1S/C17H20FN/c1-12-5-4-6-13(2)17(12)16(19-3)11-14-7-9-15(18)10-8-14/h4-10,16,19H,11H2,1-3H3. The van der Waals surface area contributed by atoms with Crippen LogP contribution in [0.2, 0.25) is 0 Å². The van der Waals surface area contributed by atoms with E-state index in [2.05, 4.69) is 37.4 Å². The van der Waals surface area contributed by atoms with E-state index in [1.54, 1.807) is 0 Å². The van der Waals surface area contributed by atoms with E-state index >= 15 is 0 Å². The lowest BCUT2D eigenvalue weighted by molar-refractivity contribution is 0.583. The van der Waals surface area contributed by atoms with Gasteiger partial charge in [-0.3, -0.25) is 0 Å². The normalized spacial score (nSPS) is 12.4. The fraction of sp³-hybridized carbons (Fsp3) is 0.294. The van der Waals surface area contributed by atoms with Gasteiger partial charge in [-0.05, 0) is 61.7 Å². The molecular formula is C17H20FN. The van der Waals surface area contributed by atoms with Gasteiger partial charge in [0.25, 0.3) is 0 Å². The molecule has 0 radical (unpaired) electrons. The van der Waals surface area contributed by atoms with E-state index in [1.165, 1.54) is 28.8 Å². The molecule has 0 aliphatic carbocycles. The van der Waals surface area contributed by atoms with Crippen molar-refractivity contribution in [3.05, 3.63) is 70.5 Å². The van der Waals surface area contributed by atoms with Gasteiger partial charge < -0.3 is 5.32 Å². The highest BCUT2D eigenvalue weighted by molar-refractivity contribution is 5.37. The third-order valence-electron chi connectivity index (χ3n) is 3.59. The highest BCUT2D eigenvalue weighted by Gasteiger charge is 2.14. The first-order valence-electron chi connectivity index (χ1n) is 6.59. The molecule has 100 valence electrons. The van der Waals surface area contributed by atoms with Crippen LogP contribution in [-0.4, -0.2) is 7.05 Å². The van der Waals surface area contributed by atoms with Crippen LogP contribution in [0.1, 0.15) is 28.3 Å². The molecule has 0 fully saturated rings. The van der Waals surface area contributed by atoms with Gasteiger partial charge in [0, 0.05) is 6.04 Å². The number of benzene rings is 2. The Bertz CT molecular complexity index is 525. The number of halogens is 1. The van der Waals surface area contributed by atoms with Crippen LogP contribution < -0.4 is 5.32 Å². The smallest absolute Gasteiger partial charge is 0.123 e. The molecule has 2 rings (SSSR count). The fourth-order valence-electron chi connectivity index (χ4n) is 2.58. The second-order valence-corrected chi connectivity index (χ2v) is 4.98. The highest BCUT2D eigenvalue weighted by atomic mass is 19.1. The molecule has 0 aliphatic heterocycles. The van der Waals surface area contributed by atoms with E-state index in [1.807, 2.05) is 19.2 Å². The Morgan fingerprint density at radius 2 is 1.58 bits per heavy atom. The minimum Gasteiger partial charge on any atom is -0.313 e. The summed E-state index contributed by atoms with van der Waals surface area (Å²) in [6, 6.07) is 13.4. The zero-order chi connectivity index (χ0) is 13.8. The molecule has 19 heavy (non-hydrogen) atoms. The van der Waals surface area contributed by atoms with Crippen LogP contribution in [0.4, 0.5) is 4.39 Å². The lowest BCUT2D eigenvalue weighted by atomic mass is 9.92. The predicted octanol–water partition coefficient (Wildman–Crippen LogP) is 3.95. The maximum absolute atomic E-state index is 12.9. The second-order valence-electron chi connectivity index (χ2n) is 4.98. The molecule has 0 bridgehead atoms. The first kappa shape index (κ1) is 13.8. The van der Waals surface area contributed by atoms with Crippen LogP contribution in [0.5, 0.6) is 0 Å². The Morgan fingerprint density at radius 1 is 1.00 bits per heavy atom. The maximum Gasteiger partial charge on any atom is 0.123 e. The highest BCUT2D eigenvalue weighted by Crippen LogP contribution is 2.24. The van der Waals surface area contributed by atoms with Crippen molar-refractivity contribution in [1.29, 1.82) is 0 Å². The summed E-state index contributed by atoms with van der Waals surface area (Å²) in [6.07, 6.45) is 0.864. The van der Waals surface area contributed by atoms with Crippen molar-refractivity contribution >= 4 is 0 Å². The summed E-state index contributed by atoms with van der Waals surface area (Å²) in [5.74, 6) is -0.183. The van der Waals surface area contributed by atoms with Gasteiger partial charge in [-0.1, -0.05) is 30.3 Å². The average molecular weight is 257 g/mol. The molecule has 0 saturated carbocycles. The number of rotatable bonds is 4. The molecule has 0 heterocycles. The van der Waals surface area contributed by atoms with Crippen molar-refractivity contribution < 1.29 is 4.39 Å². The van der Waals surface area contributed by atoms with Gasteiger partial charge in [0.1, 0.15) is 5.82 Å². The number of nitrogens with one attached hydrogen (secondary N) is 1. The van der Waals surface area contributed by atoms with Gasteiger partial charge in [0.05, 0.1) is 0 Å². The Hall–Kier alpha value is -1.67. The van der Waals surface area contributed by atoms with Crippen LogP contribution >= 0.6 is 0 Å². The van der Waals surface area contributed by atoms with Gasteiger partial charge in [-0.25, -0.2) is 4.39 Å². The molecular weight excluding hydrogens is 237 g/mol. The van der Waals surface area contributed by atoms with Crippen LogP contribution in [-0.2, 0) is 6.42 Å². The van der Waals surface area contributed by atoms with Crippen LogP contribution in [0.15, 0.2) is 42.5 Å².